The molecule has 3 aromatic carbocycles. The second kappa shape index (κ2) is 8.64. The molecule has 1 saturated heterocycles. The summed E-state index contributed by atoms with van der Waals surface area (Å²) in [5.41, 5.74) is 1.08. The minimum atomic E-state index is -1.30. The van der Waals surface area contributed by atoms with E-state index in [1.54, 1.807) is 31.2 Å². The highest BCUT2D eigenvalue weighted by atomic mass is 35.5. The number of hydrogen-bond acceptors (Lipinski definition) is 3. The fourth-order valence-corrected chi connectivity index (χ4v) is 5.66. The molecular weight excluding hydrogens is 561 g/mol. The van der Waals surface area contributed by atoms with Crippen LogP contribution in [-0.4, -0.2) is 28.7 Å². The fraction of sp³-hybridized carbons (Fsp3) is 0.125. The molecule has 11 heteroatoms. The summed E-state index contributed by atoms with van der Waals surface area (Å²) in [7, 11) is 0. The van der Waals surface area contributed by atoms with Crippen LogP contribution in [0.1, 0.15) is 37.9 Å². The van der Waals surface area contributed by atoms with E-state index in [2.05, 4.69) is 0 Å². The Morgan fingerprint density at radius 2 is 1.34 bits per heavy atom. The van der Waals surface area contributed by atoms with Gasteiger partial charge in [-0.25, -0.2) is 4.39 Å². The van der Waals surface area contributed by atoms with Gasteiger partial charge in [0.1, 0.15) is 11.9 Å². The van der Waals surface area contributed by atoms with Crippen molar-refractivity contribution in [3.8, 4) is 0 Å². The molecule has 2 aliphatic rings. The van der Waals surface area contributed by atoms with Gasteiger partial charge in [-0.15, -0.1) is 0 Å². The van der Waals surface area contributed by atoms with Gasteiger partial charge in [-0.2, -0.15) is 0 Å². The first-order chi connectivity index (χ1) is 16.5. The molecule has 2 heterocycles. The van der Waals surface area contributed by atoms with Crippen LogP contribution in [0.4, 0.5) is 10.1 Å². The molecule has 3 aromatic rings. The normalized spacial score (nSPS) is 19.3. The van der Waals surface area contributed by atoms with Crippen molar-refractivity contribution in [1.29, 1.82) is 0 Å². The number of β-lactam (4-membered cyclic amide) rings is 1. The Morgan fingerprint density at radius 3 is 1.91 bits per heavy atom. The molecule has 5 nitrogen and oxygen atoms in total. The summed E-state index contributed by atoms with van der Waals surface area (Å²) in [6.07, 6.45) is 0. The van der Waals surface area contributed by atoms with Crippen LogP contribution in [0.15, 0.2) is 42.5 Å². The summed E-state index contributed by atoms with van der Waals surface area (Å²) in [6, 6.07) is 8.35. The van der Waals surface area contributed by atoms with E-state index in [1.807, 2.05) is 0 Å². The number of nitrogens with zero attached hydrogens (tertiary/aromatic N) is 2. The van der Waals surface area contributed by atoms with E-state index in [9.17, 15) is 18.8 Å². The fourth-order valence-electron chi connectivity index (χ4n) is 4.48. The highest BCUT2D eigenvalue weighted by Crippen LogP contribution is 2.49. The maximum Gasteiger partial charge on any atom is 0.264 e. The quantitative estimate of drug-likeness (QED) is 0.145. The Hall–Kier alpha value is -2.35. The first kappa shape index (κ1) is 24.3. The molecule has 0 radical (unpaired) electrons. The van der Waals surface area contributed by atoms with Crippen molar-refractivity contribution in [3.63, 3.8) is 0 Å². The van der Waals surface area contributed by atoms with Crippen LogP contribution in [0.5, 0.6) is 0 Å². The number of fused-ring (bicyclic) bond motifs is 1. The first-order valence-corrected chi connectivity index (χ1v) is 12.0. The summed E-state index contributed by atoms with van der Waals surface area (Å²) in [6.45, 7) is 1.78. The molecule has 2 atom stereocenters. The molecule has 35 heavy (non-hydrogen) atoms. The number of anilines is 1. The summed E-state index contributed by atoms with van der Waals surface area (Å²) in [4.78, 5) is 42.6. The maximum absolute atomic E-state index is 14.2. The number of hydrogen-bond donors (Lipinski definition) is 0. The van der Waals surface area contributed by atoms with Crippen LogP contribution < -0.4 is 4.90 Å². The lowest BCUT2D eigenvalue weighted by Gasteiger charge is -2.50. The molecule has 0 unspecified atom stereocenters. The molecule has 0 aliphatic carbocycles. The summed E-state index contributed by atoms with van der Waals surface area (Å²) < 4.78 is 14.2. The average Bonchev–Trinajstić information content (AvgIpc) is 3.07. The lowest BCUT2D eigenvalue weighted by molar-refractivity contribution is -0.130. The largest absolute Gasteiger partial charge is 0.300 e. The number of carbonyl (C=O) groups is 3. The zero-order valence-corrected chi connectivity index (χ0v) is 21.4. The Kier molecular flexibility index (Phi) is 6.01. The monoisotopic (exact) mass is 570 g/mol. The van der Waals surface area contributed by atoms with Gasteiger partial charge in [0.2, 0.25) is 0 Å². The van der Waals surface area contributed by atoms with Crippen molar-refractivity contribution in [2.24, 2.45) is 0 Å². The minimum absolute atomic E-state index is 0.183. The Bertz CT molecular complexity index is 1430. The maximum atomic E-state index is 14.2. The van der Waals surface area contributed by atoms with Gasteiger partial charge in [0, 0.05) is 10.7 Å². The van der Waals surface area contributed by atoms with Gasteiger partial charge in [-0.05, 0) is 42.3 Å². The van der Waals surface area contributed by atoms with Crippen molar-refractivity contribution >= 4 is 81.4 Å². The molecular formula is C24H12Cl5FN2O3. The van der Waals surface area contributed by atoms with Crippen molar-refractivity contribution in [3.05, 3.63) is 95.6 Å². The molecule has 0 aromatic heterocycles. The average molecular weight is 573 g/mol. The Labute approximate surface area is 223 Å². The number of halogens is 6. The van der Waals surface area contributed by atoms with Crippen LogP contribution in [0, 0.1) is 12.7 Å². The number of amides is 3. The topological polar surface area (TPSA) is 57.7 Å². The van der Waals surface area contributed by atoms with E-state index in [1.165, 1.54) is 23.1 Å². The van der Waals surface area contributed by atoms with Crippen LogP contribution in [0.2, 0.25) is 25.1 Å². The van der Waals surface area contributed by atoms with Gasteiger partial charge in [-0.3, -0.25) is 19.3 Å². The van der Waals surface area contributed by atoms with E-state index >= 15 is 0 Å². The Balaban J connectivity index is 1.66. The highest BCUT2D eigenvalue weighted by molar-refractivity contribution is 6.55. The van der Waals surface area contributed by atoms with Crippen molar-refractivity contribution in [2.45, 2.75) is 19.0 Å². The molecule has 5 rings (SSSR count). The van der Waals surface area contributed by atoms with Gasteiger partial charge in [0.15, 0.2) is 0 Å². The van der Waals surface area contributed by atoms with Crippen LogP contribution >= 0.6 is 58.0 Å². The molecule has 0 spiro atoms. The third-order valence-electron chi connectivity index (χ3n) is 6.10. The number of imide groups is 1. The number of benzene rings is 3. The van der Waals surface area contributed by atoms with Gasteiger partial charge in [-0.1, -0.05) is 76.2 Å². The van der Waals surface area contributed by atoms with E-state index in [4.69, 9.17) is 58.0 Å². The van der Waals surface area contributed by atoms with Crippen LogP contribution in [0.25, 0.3) is 0 Å². The van der Waals surface area contributed by atoms with Gasteiger partial charge >= 0.3 is 0 Å². The van der Waals surface area contributed by atoms with Gasteiger partial charge in [0.05, 0.1) is 37.3 Å². The second-order valence-electron chi connectivity index (χ2n) is 8.07. The smallest absolute Gasteiger partial charge is 0.264 e. The van der Waals surface area contributed by atoms with E-state index in [0.29, 0.717) is 16.3 Å². The van der Waals surface area contributed by atoms with E-state index < -0.39 is 35.6 Å². The summed E-state index contributed by atoms with van der Waals surface area (Å²) in [5, 5.41) is -0.471. The van der Waals surface area contributed by atoms with E-state index in [-0.39, 0.29) is 31.2 Å². The van der Waals surface area contributed by atoms with Crippen LogP contribution in [0.3, 0.4) is 0 Å². The zero-order valence-electron chi connectivity index (χ0n) is 17.6. The summed E-state index contributed by atoms with van der Waals surface area (Å²) in [5.74, 6) is -2.81. The predicted octanol–water partition coefficient (Wildman–Crippen LogP) is 7.15. The molecule has 0 bridgehead atoms. The summed E-state index contributed by atoms with van der Waals surface area (Å²) >= 11 is 30.9. The molecule has 0 N–H and O–H groups in total. The lowest BCUT2D eigenvalue weighted by atomic mass is 9.85. The van der Waals surface area contributed by atoms with Gasteiger partial charge < -0.3 is 4.90 Å². The SMILES string of the molecule is Cc1ccc(Cl)cc1N1C(=O)[C@H](N2C(=O)c3c(Cl)c(Cl)c(Cl)c(Cl)c3C2=O)[C@@H]1c1cccc(F)c1. The molecule has 0 saturated carbocycles. The molecule has 2 aliphatic heterocycles. The number of rotatable bonds is 3. The number of carbonyl (C=O) groups excluding carboxylic acids is 3. The molecule has 178 valence electrons. The highest BCUT2D eigenvalue weighted by Gasteiger charge is 2.58. The third-order valence-corrected chi connectivity index (χ3v) is 8.14. The van der Waals surface area contributed by atoms with E-state index in [0.717, 1.165) is 10.5 Å². The second-order valence-corrected chi connectivity index (χ2v) is 10.0. The predicted molar refractivity (Wildman–Crippen MR) is 134 cm³/mol. The number of aryl methyl sites for hydroxylation is 1. The van der Waals surface area contributed by atoms with Crippen LogP contribution in [-0.2, 0) is 4.79 Å². The lowest BCUT2D eigenvalue weighted by Crippen LogP contribution is -2.67. The first-order valence-electron chi connectivity index (χ1n) is 10.1. The Morgan fingerprint density at radius 1 is 0.743 bits per heavy atom. The standard InChI is InChI=1S/C24H12Cl5FN2O3/c1-9-5-6-11(25)8-13(9)31-20(10-3-2-4-12(30)7-10)21(24(31)35)32-22(33)14-15(23(32)34)17(27)19(29)18(28)16(14)26/h2-8,20-21H,1H3/t20-,21+/m0/s1. The molecule has 3 amide bonds. The van der Waals surface area contributed by atoms with Gasteiger partial charge in [0.25, 0.3) is 17.7 Å². The van der Waals surface area contributed by atoms with Crippen molar-refractivity contribution < 1.29 is 18.8 Å². The third kappa shape index (κ3) is 3.54. The zero-order chi connectivity index (χ0) is 25.3. The van der Waals surface area contributed by atoms with Crippen molar-refractivity contribution in [1.82, 2.24) is 4.90 Å². The van der Waals surface area contributed by atoms with Crippen molar-refractivity contribution in [2.75, 3.05) is 4.90 Å². The minimum Gasteiger partial charge on any atom is -0.300 e. The molecule has 1 fully saturated rings.